The number of benzene rings is 1. The second kappa shape index (κ2) is 5.99. The largest absolute Gasteiger partial charge is 0.389 e. The van der Waals surface area contributed by atoms with Crippen molar-refractivity contribution in [1.29, 1.82) is 0 Å². The predicted octanol–water partition coefficient (Wildman–Crippen LogP) is 2.31. The van der Waals surface area contributed by atoms with Gasteiger partial charge in [-0.2, -0.15) is 11.8 Å². The lowest BCUT2D eigenvalue weighted by atomic mass is 9.97. The van der Waals surface area contributed by atoms with Gasteiger partial charge in [-0.05, 0) is 42.0 Å². The smallest absolute Gasteiger partial charge is 0.126 e. The summed E-state index contributed by atoms with van der Waals surface area (Å²) in [5.74, 6) is 0.790. The number of aliphatic hydroxyl groups is 1. The number of hydrogen-bond donors (Lipinski definition) is 2. The summed E-state index contributed by atoms with van der Waals surface area (Å²) < 4.78 is 25.9. The number of thioether (sulfide) groups is 1. The first-order valence-electron chi connectivity index (χ1n) is 6.03. The molecule has 1 aromatic carbocycles. The van der Waals surface area contributed by atoms with E-state index in [4.69, 9.17) is 0 Å². The molecule has 0 aliphatic carbocycles. The van der Waals surface area contributed by atoms with Gasteiger partial charge in [-0.25, -0.2) is 8.78 Å². The van der Waals surface area contributed by atoms with Crippen LogP contribution in [0.25, 0.3) is 0 Å². The van der Waals surface area contributed by atoms with Crippen LogP contribution in [0.15, 0.2) is 18.2 Å². The maximum absolute atomic E-state index is 13.0. The van der Waals surface area contributed by atoms with Crippen LogP contribution in [0.1, 0.15) is 18.4 Å². The van der Waals surface area contributed by atoms with Gasteiger partial charge in [-0.1, -0.05) is 0 Å². The molecule has 1 saturated heterocycles. The Morgan fingerprint density at radius 2 is 1.78 bits per heavy atom. The Labute approximate surface area is 110 Å². The highest BCUT2D eigenvalue weighted by Gasteiger charge is 2.28. The molecule has 1 fully saturated rings. The van der Waals surface area contributed by atoms with Gasteiger partial charge in [0.25, 0.3) is 0 Å². The average molecular weight is 273 g/mol. The molecule has 0 unspecified atom stereocenters. The Morgan fingerprint density at radius 3 is 2.39 bits per heavy atom. The lowest BCUT2D eigenvalue weighted by Gasteiger charge is -2.32. The van der Waals surface area contributed by atoms with Gasteiger partial charge in [0.15, 0.2) is 0 Å². The van der Waals surface area contributed by atoms with E-state index in [-0.39, 0.29) is 0 Å². The summed E-state index contributed by atoms with van der Waals surface area (Å²) in [5, 5.41) is 13.3. The molecule has 0 amide bonds. The number of hydrogen-bond acceptors (Lipinski definition) is 3. The molecule has 1 aliphatic rings. The van der Waals surface area contributed by atoms with E-state index in [0.717, 1.165) is 30.4 Å². The normalized spacial score (nSPS) is 18.8. The lowest BCUT2D eigenvalue weighted by Crippen LogP contribution is -2.43. The zero-order valence-electron chi connectivity index (χ0n) is 10.1. The van der Waals surface area contributed by atoms with Crippen LogP contribution in [-0.4, -0.2) is 28.8 Å². The molecule has 0 bridgehead atoms. The Hall–Kier alpha value is -0.650. The Morgan fingerprint density at radius 1 is 1.17 bits per heavy atom. The molecule has 1 aromatic rings. The second-order valence-corrected chi connectivity index (χ2v) is 5.94. The zero-order chi connectivity index (χ0) is 13.0. The van der Waals surface area contributed by atoms with Crippen molar-refractivity contribution in [3.63, 3.8) is 0 Å². The average Bonchev–Trinajstić information content (AvgIpc) is 2.28. The Kier molecular flexibility index (Phi) is 4.59. The maximum atomic E-state index is 13.0. The van der Waals surface area contributed by atoms with E-state index < -0.39 is 17.2 Å². The molecule has 0 saturated carbocycles. The number of nitrogens with one attached hydrogen (secondary N) is 1. The standard InChI is InChI=1S/C13H17F2NOS/c14-11-5-10(6-12(15)7-11)8-16-9-13(17)1-3-18-4-2-13/h5-7,16-17H,1-4,8-9H2. The minimum absolute atomic E-state index is 0.365. The van der Waals surface area contributed by atoms with Crippen molar-refractivity contribution in [2.75, 3.05) is 18.1 Å². The molecule has 2 rings (SSSR count). The van der Waals surface area contributed by atoms with Crippen molar-refractivity contribution in [2.45, 2.75) is 25.0 Å². The topological polar surface area (TPSA) is 32.3 Å². The molecule has 0 atom stereocenters. The van der Waals surface area contributed by atoms with E-state index in [1.54, 1.807) is 0 Å². The van der Waals surface area contributed by atoms with Crippen molar-refractivity contribution < 1.29 is 13.9 Å². The summed E-state index contributed by atoms with van der Waals surface area (Å²) in [5.41, 5.74) is -0.113. The van der Waals surface area contributed by atoms with Gasteiger partial charge in [0.05, 0.1) is 5.60 Å². The van der Waals surface area contributed by atoms with Crippen molar-refractivity contribution in [1.82, 2.24) is 5.32 Å². The van der Waals surface area contributed by atoms with Crippen LogP contribution in [0, 0.1) is 11.6 Å². The van der Waals surface area contributed by atoms with Crippen LogP contribution in [-0.2, 0) is 6.54 Å². The van der Waals surface area contributed by atoms with Crippen LogP contribution in [0.5, 0.6) is 0 Å². The summed E-state index contributed by atoms with van der Waals surface area (Å²) in [6, 6.07) is 3.46. The molecule has 1 heterocycles. The maximum Gasteiger partial charge on any atom is 0.126 e. The predicted molar refractivity (Wildman–Crippen MR) is 69.6 cm³/mol. The first-order chi connectivity index (χ1) is 8.57. The van der Waals surface area contributed by atoms with Crippen LogP contribution < -0.4 is 5.32 Å². The third-order valence-electron chi connectivity index (χ3n) is 3.13. The van der Waals surface area contributed by atoms with Gasteiger partial charge in [0.1, 0.15) is 11.6 Å². The van der Waals surface area contributed by atoms with E-state index in [9.17, 15) is 13.9 Å². The molecular formula is C13H17F2NOS. The Balaban J connectivity index is 1.84. The lowest BCUT2D eigenvalue weighted by molar-refractivity contribution is 0.0320. The molecule has 5 heteroatoms. The highest BCUT2D eigenvalue weighted by Crippen LogP contribution is 2.26. The SMILES string of the molecule is OC1(CNCc2cc(F)cc(F)c2)CCSCC1. The fraction of sp³-hybridized carbons (Fsp3) is 0.538. The first-order valence-corrected chi connectivity index (χ1v) is 7.19. The van der Waals surface area contributed by atoms with Gasteiger partial charge in [0, 0.05) is 19.2 Å². The molecule has 100 valence electrons. The summed E-state index contributed by atoms with van der Waals surface area (Å²) >= 11 is 1.84. The number of rotatable bonds is 4. The second-order valence-electron chi connectivity index (χ2n) is 4.72. The van der Waals surface area contributed by atoms with Gasteiger partial charge in [0.2, 0.25) is 0 Å². The quantitative estimate of drug-likeness (QED) is 0.883. The summed E-state index contributed by atoms with van der Waals surface area (Å²) in [6.45, 7) is 0.829. The molecule has 0 radical (unpaired) electrons. The molecule has 0 aromatic heterocycles. The van der Waals surface area contributed by atoms with Crippen LogP contribution in [0.4, 0.5) is 8.78 Å². The monoisotopic (exact) mass is 273 g/mol. The third-order valence-corrected chi connectivity index (χ3v) is 4.11. The van der Waals surface area contributed by atoms with Gasteiger partial charge in [-0.15, -0.1) is 0 Å². The van der Waals surface area contributed by atoms with Crippen LogP contribution in [0.3, 0.4) is 0 Å². The fourth-order valence-electron chi connectivity index (χ4n) is 2.08. The summed E-state index contributed by atoms with van der Waals surface area (Å²) in [7, 11) is 0. The summed E-state index contributed by atoms with van der Waals surface area (Å²) in [6.07, 6.45) is 1.53. The third kappa shape index (κ3) is 3.93. The van der Waals surface area contributed by atoms with Crippen LogP contribution in [0.2, 0.25) is 0 Å². The zero-order valence-corrected chi connectivity index (χ0v) is 10.9. The molecular weight excluding hydrogens is 256 g/mol. The van der Waals surface area contributed by atoms with Gasteiger partial charge >= 0.3 is 0 Å². The van der Waals surface area contributed by atoms with E-state index in [1.807, 2.05) is 11.8 Å². The van der Waals surface area contributed by atoms with Crippen molar-refractivity contribution in [3.05, 3.63) is 35.4 Å². The van der Waals surface area contributed by atoms with Crippen molar-refractivity contribution >= 4 is 11.8 Å². The van der Waals surface area contributed by atoms with E-state index >= 15 is 0 Å². The minimum atomic E-state index is -0.670. The first kappa shape index (κ1) is 13.8. The summed E-state index contributed by atoms with van der Waals surface area (Å²) in [4.78, 5) is 0. The Bertz CT molecular complexity index is 388. The number of halogens is 2. The molecule has 0 spiro atoms. The highest BCUT2D eigenvalue weighted by atomic mass is 32.2. The molecule has 2 nitrogen and oxygen atoms in total. The van der Waals surface area contributed by atoms with E-state index in [2.05, 4.69) is 5.32 Å². The van der Waals surface area contributed by atoms with E-state index in [0.29, 0.717) is 18.7 Å². The van der Waals surface area contributed by atoms with Gasteiger partial charge in [-0.3, -0.25) is 0 Å². The van der Waals surface area contributed by atoms with E-state index in [1.165, 1.54) is 12.1 Å². The van der Waals surface area contributed by atoms with Crippen molar-refractivity contribution in [3.8, 4) is 0 Å². The molecule has 1 aliphatic heterocycles. The fourth-order valence-corrected chi connectivity index (χ4v) is 3.33. The van der Waals surface area contributed by atoms with Crippen molar-refractivity contribution in [2.24, 2.45) is 0 Å². The minimum Gasteiger partial charge on any atom is -0.389 e. The van der Waals surface area contributed by atoms with Gasteiger partial charge < -0.3 is 10.4 Å². The highest BCUT2D eigenvalue weighted by molar-refractivity contribution is 7.99. The molecule has 2 N–H and O–H groups in total. The van der Waals surface area contributed by atoms with Crippen LogP contribution >= 0.6 is 11.8 Å². The molecule has 18 heavy (non-hydrogen) atoms.